The van der Waals surface area contributed by atoms with Crippen LogP contribution in [0.25, 0.3) is 0 Å². The lowest BCUT2D eigenvalue weighted by atomic mass is 10.1. The highest BCUT2D eigenvalue weighted by Gasteiger charge is 2.20. The van der Waals surface area contributed by atoms with Gasteiger partial charge in [-0.1, -0.05) is 13.8 Å². The van der Waals surface area contributed by atoms with Crippen molar-refractivity contribution in [3.8, 4) is 0 Å². The smallest absolute Gasteiger partial charge is 0.269 e. The summed E-state index contributed by atoms with van der Waals surface area (Å²) in [6, 6.07) is 3.35. The molecule has 1 rings (SSSR count). The Bertz CT molecular complexity index is 599. The second-order valence-electron chi connectivity index (χ2n) is 4.97. The zero-order valence-electron chi connectivity index (χ0n) is 11.7. The van der Waals surface area contributed by atoms with Gasteiger partial charge in [0, 0.05) is 24.7 Å². The summed E-state index contributed by atoms with van der Waals surface area (Å²) in [5.41, 5.74) is 5.97. The van der Waals surface area contributed by atoms with Gasteiger partial charge >= 0.3 is 0 Å². The molecule has 3 N–H and O–H groups in total. The molecule has 0 aliphatic rings. The molecule has 0 spiro atoms. The summed E-state index contributed by atoms with van der Waals surface area (Å²) in [7, 11) is -3.71. The molecule has 0 radical (unpaired) electrons. The molecule has 1 atom stereocenters. The van der Waals surface area contributed by atoms with Gasteiger partial charge in [0.1, 0.15) is 0 Å². The van der Waals surface area contributed by atoms with Crippen molar-refractivity contribution in [3.05, 3.63) is 33.9 Å². The third-order valence-corrected chi connectivity index (χ3v) is 4.61. The minimum atomic E-state index is -3.71. The van der Waals surface area contributed by atoms with Crippen molar-refractivity contribution in [1.29, 1.82) is 0 Å². The van der Waals surface area contributed by atoms with Crippen LogP contribution >= 0.6 is 0 Å². The lowest BCUT2D eigenvalue weighted by molar-refractivity contribution is -0.385. The first-order chi connectivity index (χ1) is 9.15. The number of sulfonamides is 1. The Balaban J connectivity index is 2.96. The van der Waals surface area contributed by atoms with E-state index in [1.807, 2.05) is 13.8 Å². The van der Waals surface area contributed by atoms with Crippen LogP contribution < -0.4 is 10.5 Å². The molecule has 1 aromatic rings. The number of nitro benzene ring substituents is 1. The molecule has 0 heterocycles. The zero-order chi connectivity index (χ0) is 15.5. The molecular weight excluding hydrogens is 282 g/mol. The van der Waals surface area contributed by atoms with Gasteiger partial charge in [-0.3, -0.25) is 10.1 Å². The van der Waals surface area contributed by atoms with E-state index >= 15 is 0 Å². The molecule has 1 aromatic carbocycles. The monoisotopic (exact) mass is 301 g/mol. The van der Waals surface area contributed by atoms with E-state index in [-0.39, 0.29) is 29.1 Å². The second-order valence-corrected chi connectivity index (χ2v) is 6.70. The molecule has 0 saturated heterocycles. The Morgan fingerprint density at radius 3 is 2.45 bits per heavy atom. The first-order valence-electron chi connectivity index (χ1n) is 6.15. The first-order valence-corrected chi connectivity index (χ1v) is 7.63. The number of non-ortho nitro benzene ring substituents is 1. The van der Waals surface area contributed by atoms with Gasteiger partial charge in [0.2, 0.25) is 10.0 Å². The van der Waals surface area contributed by atoms with Gasteiger partial charge in [0.15, 0.2) is 0 Å². The van der Waals surface area contributed by atoms with Gasteiger partial charge < -0.3 is 5.73 Å². The number of nitro groups is 1. The van der Waals surface area contributed by atoms with Crippen LogP contribution in [0.1, 0.15) is 19.4 Å². The summed E-state index contributed by atoms with van der Waals surface area (Å²) >= 11 is 0. The van der Waals surface area contributed by atoms with Gasteiger partial charge in [0.25, 0.3) is 5.69 Å². The summed E-state index contributed by atoms with van der Waals surface area (Å²) in [5, 5.41) is 10.6. The molecule has 0 amide bonds. The third kappa shape index (κ3) is 3.99. The fourth-order valence-corrected chi connectivity index (χ4v) is 2.87. The Hall–Kier alpha value is -1.51. The molecule has 1 unspecified atom stereocenters. The summed E-state index contributed by atoms with van der Waals surface area (Å²) in [5.74, 6) is 0.149. The number of nitrogens with zero attached hydrogens (tertiary/aromatic N) is 1. The Kier molecular flexibility index (Phi) is 5.21. The molecule has 20 heavy (non-hydrogen) atoms. The quantitative estimate of drug-likeness (QED) is 0.604. The van der Waals surface area contributed by atoms with E-state index in [4.69, 9.17) is 5.73 Å². The zero-order valence-corrected chi connectivity index (χ0v) is 12.5. The minimum absolute atomic E-state index is 0.0269. The van der Waals surface area contributed by atoms with E-state index < -0.39 is 14.9 Å². The molecule has 112 valence electrons. The maximum absolute atomic E-state index is 12.1. The van der Waals surface area contributed by atoms with Crippen molar-refractivity contribution in [3.63, 3.8) is 0 Å². The van der Waals surface area contributed by atoms with E-state index in [1.54, 1.807) is 0 Å². The number of nitrogens with one attached hydrogen (secondary N) is 1. The number of nitrogens with two attached hydrogens (primary N) is 1. The van der Waals surface area contributed by atoms with E-state index in [0.29, 0.717) is 5.56 Å². The Morgan fingerprint density at radius 2 is 2.00 bits per heavy atom. The number of hydrogen-bond acceptors (Lipinski definition) is 5. The van der Waals surface area contributed by atoms with Crippen LogP contribution in [0.2, 0.25) is 0 Å². The molecular formula is C12H19N3O4S. The standard InChI is InChI=1S/C12H19N3O4S/c1-8(2)11(13)7-14-20(18,19)12-5-4-10(15(16)17)6-9(12)3/h4-6,8,11,14H,7,13H2,1-3H3. The maximum Gasteiger partial charge on any atom is 0.269 e. The molecule has 0 bridgehead atoms. The second kappa shape index (κ2) is 6.29. The molecule has 0 aromatic heterocycles. The highest BCUT2D eigenvalue weighted by Crippen LogP contribution is 2.20. The van der Waals surface area contributed by atoms with Crippen LogP contribution in [0.3, 0.4) is 0 Å². The molecule has 0 aliphatic carbocycles. The van der Waals surface area contributed by atoms with Gasteiger partial charge in [0.05, 0.1) is 9.82 Å². The van der Waals surface area contributed by atoms with Crippen LogP contribution in [-0.2, 0) is 10.0 Å². The summed E-state index contributed by atoms with van der Waals surface area (Å²) in [4.78, 5) is 10.1. The van der Waals surface area contributed by atoms with Gasteiger partial charge in [-0.2, -0.15) is 0 Å². The Morgan fingerprint density at radius 1 is 1.40 bits per heavy atom. The predicted octanol–water partition coefficient (Wildman–Crippen LogP) is 1.16. The SMILES string of the molecule is Cc1cc([N+](=O)[O-])ccc1S(=O)(=O)NCC(N)C(C)C. The molecule has 7 nitrogen and oxygen atoms in total. The van der Waals surface area contributed by atoms with Crippen LogP contribution in [0.5, 0.6) is 0 Å². The normalized spacial score (nSPS) is 13.4. The predicted molar refractivity (Wildman–Crippen MR) is 75.8 cm³/mol. The van der Waals surface area contributed by atoms with Crippen molar-refractivity contribution in [2.24, 2.45) is 11.7 Å². The minimum Gasteiger partial charge on any atom is -0.326 e. The fourth-order valence-electron chi connectivity index (χ4n) is 1.57. The van der Waals surface area contributed by atoms with Crippen LogP contribution in [0, 0.1) is 23.0 Å². The Labute approximate surface area is 118 Å². The summed E-state index contributed by atoms with van der Waals surface area (Å²) in [6.07, 6.45) is 0. The molecule has 0 saturated carbocycles. The van der Waals surface area contributed by atoms with Crippen LogP contribution in [0.4, 0.5) is 5.69 Å². The topological polar surface area (TPSA) is 115 Å². The van der Waals surface area contributed by atoms with Gasteiger partial charge in [-0.15, -0.1) is 0 Å². The molecule has 8 heteroatoms. The highest BCUT2D eigenvalue weighted by atomic mass is 32.2. The van der Waals surface area contributed by atoms with Crippen molar-refractivity contribution in [2.75, 3.05) is 6.54 Å². The van der Waals surface area contributed by atoms with Crippen LogP contribution in [-0.4, -0.2) is 25.9 Å². The lowest BCUT2D eigenvalue weighted by Crippen LogP contribution is -2.40. The largest absolute Gasteiger partial charge is 0.326 e. The van der Waals surface area contributed by atoms with Crippen molar-refractivity contribution in [2.45, 2.75) is 31.7 Å². The summed E-state index contributed by atoms with van der Waals surface area (Å²) < 4.78 is 26.7. The van der Waals surface area contributed by atoms with Crippen molar-refractivity contribution >= 4 is 15.7 Å². The van der Waals surface area contributed by atoms with Crippen LogP contribution in [0.15, 0.2) is 23.1 Å². The number of hydrogen-bond donors (Lipinski definition) is 2. The number of rotatable bonds is 6. The summed E-state index contributed by atoms with van der Waals surface area (Å²) in [6.45, 7) is 5.44. The highest BCUT2D eigenvalue weighted by molar-refractivity contribution is 7.89. The number of benzene rings is 1. The maximum atomic E-state index is 12.1. The number of aryl methyl sites for hydroxylation is 1. The third-order valence-electron chi connectivity index (χ3n) is 3.02. The van der Waals surface area contributed by atoms with E-state index in [2.05, 4.69) is 4.72 Å². The van der Waals surface area contributed by atoms with E-state index in [9.17, 15) is 18.5 Å². The average Bonchev–Trinajstić information content (AvgIpc) is 2.35. The first kappa shape index (κ1) is 16.5. The molecule has 0 aliphatic heterocycles. The van der Waals surface area contributed by atoms with Gasteiger partial charge in [-0.05, 0) is 24.5 Å². The van der Waals surface area contributed by atoms with Crippen molar-refractivity contribution in [1.82, 2.24) is 4.72 Å². The van der Waals surface area contributed by atoms with E-state index in [0.717, 1.165) is 0 Å². The molecule has 0 fully saturated rings. The van der Waals surface area contributed by atoms with Crippen molar-refractivity contribution < 1.29 is 13.3 Å². The lowest BCUT2D eigenvalue weighted by Gasteiger charge is -2.16. The average molecular weight is 301 g/mol. The van der Waals surface area contributed by atoms with Gasteiger partial charge in [-0.25, -0.2) is 13.1 Å². The fraction of sp³-hybridized carbons (Fsp3) is 0.500. The van der Waals surface area contributed by atoms with E-state index in [1.165, 1.54) is 25.1 Å².